The van der Waals surface area contributed by atoms with Gasteiger partial charge in [0, 0.05) is 12.6 Å². The molecular weight excluding hydrogens is 373 g/mol. The van der Waals surface area contributed by atoms with Crippen LogP contribution in [-0.4, -0.2) is 45.0 Å². The molecule has 0 fully saturated rings. The summed E-state index contributed by atoms with van der Waals surface area (Å²) < 4.78 is 44.0. The molecule has 0 atom stereocenters. The zero-order valence-electron chi connectivity index (χ0n) is 14.9. The number of amides is 1. The zero-order chi connectivity index (χ0) is 19.9. The maximum atomic E-state index is 12.9. The number of rotatable bonds is 8. The molecule has 0 spiro atoms. The standard InChI is InChI=1S/C18H20FN3O4S/c1-3-26-17-7-5-4-6-14(17)12-20-21-18(23)13-22(2)27(24,25)16-10-8-15(19)9-11-16/h4-12H,3,13H2,1-2H3,(H,21,23)/b20-12-. The molecule has 2 aromatic carbocycles. The third-order valence-electron chi connectivity index (χ3n) is 3.50. The number of nitrogens with one attached hydrogen (secondary N) is 1. The second kappa shape index (κ2) is 9.24. The van der Waals surface area contributed by atoms with Crippen LogP contribution in [0.5, 0.6) is 5.75 Å². The van der Waals surface area contributed by atoms with Crippen molar-refractivity contribution in [3.05, 3.63) is 59.9 Å². The molecule has 7 nitrogen and oxygen atoms in total. The lowest BCUT2D eigenvalue weighted by atomic mass is 10.2. The van der Waals surface area contributed by atoms with Crippen LogP contribution < -0.4 is 10.2 Å². The fraction of sp³-hybridized carbons (Fsp3) is 0.222. The third kappa shape index (κ3) is 5.60. The minimum atomic E-state index is -3.91. The van der Waals surface area contributed by atoms with Gasteiger partial charge in [-0.25, -0.2) is 18.2 Å². The fourth-order valence-corrected chi connectivity index (χ4v) is 3.28. The highest BCUT2D eigenvalue weighted by atomic mass is 32.2. The van der Waals surface area contributed by atoms with Crippen molar-refractivity contribution >= 4 is 22.1 Å². The number of ether oxygens (including phenoxy) is 1. The normalized spacial score (nSPS) is 11.7. The largest absolute Gasteiger partial charge is 0.493 e. The van der Waals surface area contributed by atoms with Crippen molar-refractivity contribution in [3.8, 4) is 5.75 Å². The van der Waals surface area contributed by atoms with E-state index in [9.17, 15) is 17.6 Å². The molecule has 0 bridgehead atoms. The average Bonchev–Trinajstić information content (AvgIpc) is 2.63. The van der Waals surface area contributed by atoms with E-state index in [2.05, 4.69) is 10.5 Å². The molecule has 0 aromatic heterocycles. The van der Waals surface area contributed by atoms with Crippen LogP contribution in [-0.2, 0) is 14.8 Å². The molecule has 1 N–H and O–H groups in total. The number of para-hydroxylation sites is 1. The summed E-state index contributed by atoms with van der Waals surface area (Å²) >= 11 is 0. The topological polar surface area (TPSA) is 88.1 Å². The van der Waals surface area contributed by atoms with E-state index in [1.165, 1.54) is 13.3 Å². The van der Waals surface area contributed by atoms with E-state index in [0.29, 0.717) is 17.9 Å². The maximum absolute atomic E-state index is 12.9. The van der Waals surface area contributed by atoms with Crippen molar-refractivity contribution in [1.29, 1.82) is 0 Å². The lowest BCUT2D eigenvalue weighted by Crippen LogP contribution is -2.36. The second-order valence-electron chi connectivity index (χ2n) is 5.48. The number of benzene rings is 2. The van der Waals surface area contributed by atoms with Crippen LogP contribution in [0.4, 0.5) is 4.39 Å². The summed E-state index contributed by atoms with van der Waals surface area (Å²) in [6.07, 6.45) is 1.41. The summed E-state index contributed by atoms with van der Waals surface area (Å²) in [7, 11) is -2.65. The first kappa shape index (κ1) is 20.5. The molecule has 2 aromatic rings. The van der Waals surface area contributed by atoms with Crippen LogP contribution in [0.25, 0.3) is 0 Å². The van der Waals surface area contributed by atoms with Crippen LogP contribution in [0.3, 0.4) is 0 Å². The van der Waals surface area contributed by atoms with Gasteiger partial charge in [-0.1, -0.05) is 12.1 Å². The molecular formula is C18H20FN3O4S. The van der Waals surface area contributed by atoms with Crippen LogP contribution in [0, 0.1) is 5.82 Å². The quantitative estimate of drug-likeness (QED) is 0.549. The summed E-state index contributed by atoms with van der Waals surface area (Å²) in [6.45, 7) is 1.90. The van der Waals surface area contributed by atoms with E-state index in [1.54, 1.807) is 18.2 Å². The summed E-state index contributed by atoms with van der Waals surface area (Å²) in [4.78, 5) is 11.9. The summed E-state index contributed by atoms with van der Waals surface area (Å²) in [5.74, 6) is -0.543. The highest BCUT2D eigenvalue weighted by molar-refractivity contribution is 7.89. The molecule has 9 heteroatoms. The minimum absolute atomic E-state index is 0.103. The SMILES string of the molecule is CCOc1ccccc1/C=N\NC(=O)CN(C)S(=O)(=O)c1ccc(F)cc1. The van der Waals surface area contributed by atoms with E-state index in [4.69, 9.17) is 4.74 Å². The molecule has 0 aliphatic heterocycles. The Hall–Kier alpha value is -2.78. The molecule has 0 unspecified atom stereocenters. The molecule has 0 aliphatic carbocycles. The predicted molar refractivity (Wildman–Crippen MR) is 99.6 cm³/mol. The van der Waals surface area contributed by atoms with Gasteiger partial charge in [-0.15, -0.1) is 0 Å². The fourth-order valence-electron chi connectivity index (χ4n) is 2.16. The Balaban J connectivity index is 1.98. The Morgan fingerprint density at radius 1 is 1.22 bits per heavy atom. The highest BCUT2D eigenvalue weighted by Crippen LogP contribution is 2.16. The van der Waals surface area contributed by atoms with Gasteiger partial charge in [0.15, 0.2) is 0 Å². The Labute approximate surface area is 157 Å². The van der Waals surface area contributed by atoms with Crippen LogP contribution in [0.2, 0.25) is 0 Å². The Bertz CT molecular complexity index is 914. The van der Waals surface area contributed by atoms with Crippen LogP contribution in [0.15, 0.2) is 58.5 Å². The lowest BCUT2D eigenvalue weighted by molar-refractivity contribution is -0.121. The number of likely N-dealkylation sites (N-methyl/N-ethyl adjacent to an activating group) is 1. The molecule has 0 saturated heterocycles. The number of halogens is 1. The number of carbonyl (C=O) groups is 1. The maximum Gasteiger partial charge on any atom is 0.255 e. The van der Waals surface area contributed by atoms with Crippen molar-refractivity contribution in [3.63, 3.8) is 0 Å². The van der Waals surface area contributed by atoms with E-state index in [1.807, 2.05) is 13.0 Å². The highest BCUT2D eigenvalue weighted by Gasteiger charge is 2.22. The summed E-state index contributed by atoms with van der Waals surface area (Å²) in [5, 5.41) is 3.83. The number of carbonyl (C=O) groups excluding carboxylic acids is 1. The summed E-state index contributed by atoms with van der Waals surface area (Å²) in [6, 6.07) is 11.5. The van der Waals surface area contributed by atoms with E-state index in [0.717, 1.165) is 28.6 Å². The van der Waals surface area contributed by atoms with Crippen LogP contribution in [0.1, 0.15) is 12.5 Å². The zero-order valence-corrected chi connectivity index (χ0v) is 15.7. The van der Waals surface area contributed by atoms with Gasteiger partial charge in [0.2, 0.25) is 10.0 Å². The van der Waals surface area contributed by atoms with Crippen molar-refractivity contribution in [2.24, 2.45) is 5.10 Å². The number of sulfonamides is 1. The van der Waals surface area contributed by atoms with Crippen LogP contribution >= 0.6 is 0 Å². The van der Waals surface area contributed by atoms with Crippen molar-refractivity contribution in [2.75, 3.05) is 20.2 Å². The number of hydrogen-bond acceptors (Lipinski definition) is 5. The number of nitrogens with zero attached hydrogens (tertiary/aromatic N) is 2. The first-order valence-electron chi connectivity index (χ1n) is 8.10. The van der Waals surface area contributed by atoms with Crippen molar-refractivity contribution < 1.29 is 22.3 Å². The predicted octanol–water partition coefficient (Wildman–Crippen LogP) is 2.00. The smallest absolute Gasteiger partial charge is 0.255 e. The second-order valence-corrected chi connectivity index (χ2v) is 7.52. The van der Waals surface area contributed by atoms with Gasteiger partial charge in [-0.2, -0.15) is 9.41 Å². The number of hydrazone groups is 1. The monoisotopic (exact) mass is 393 g/mol. The molecule has 0 radical (unpaired) electrons. The van der Waals surface area contributed by atoms with Crippen molar-refractivity contribution in [2.45, 2.75) is 11.8 Å². The van der Waals surface area contributed by atoms with Gasteiger partial charge in [0.25, 0.3) is 5.91 Å². The van der Waals surface area contributed by atoms with Gasteiger partial charge in [0.1, 0.15) is 11.6 Å². The Morgan fingerprint density at radius 2 is 1.89 bits per heavy atom. The molecule has 1 amide bonds. The molecule has 144 valence electrons. The molecule has 0 saturated carbocycles. The van der Waals surface area contributed by atoms with E-state index < -0.39 is 28.3 Å². The first-order valence-corrected chi connectivity index (χ1v) is 9.54. The average molecular weight is 393 g/mol. The molecule has 27 heavy (non-hydrogen) atoms. The van der Waals surface area contributed by atoms with Gasteiger partial charge >= 0.3 is 0 Å². The van der Waals surface area contributed by atoms with Gasteiger partial charge in [-0.05, 0) is 43.3 Å². The molecule has 2 rings (SSSR count). The third-order valence-corrected chi connectivity index (χ3v) is 5.32. The number of hydrogen-bond donors (Lipinski definition) is 1. The minimum Gasteiger partial charge on any atom is -0.493 e. The summed E-state index contributed by atoms with van der Waals surface area (Å²) in [5.41, 5.74) is 2.95. The van der Waals surface area contributed by atoms with E-state index >= 15 is 0 Å². The Morgan fingerprint density at radius 3 is 2.56 bits per heavy atom. The lowest BCUT2D eigenvalue weighted by Gasteiger charge is -2.16. The first-order chi connectivity index (χ1) is 12.8. The van der Waals surface area contributed by atoms with E-state index in [-0.39, 0.29) is 4.90 Å². The molecule has 0 heterocycles. The van der Waals surface area contributed by atoms with Gasteiger partial charge in [0.05, 0.1) is 24.3 Å². The van der Waals surface area contributed by atoms with Gasteiger partial charge in [-0.3, -0.25) is 4.79 Å². The van der Waals surface area contributed by atoms with Gasteiger partial charge < -0.3 is 4.74 Å². The van der Waals surface area contributed by atoms with Crippen molar-refractivity contribution in [1.82, 2.24) is 9.73 Å². The Kier molecular flexibility index (Phi) is 7.03. The molecule has 0 aliphatic rings.